The van der Waals surface area contributed by atoms with Crippen molar-refractivity contribution in [2.24, 2.45) is 5.10 Å². The van der Waals surface area contributed by atoms with Gasteiger partial charge in [0.1, 0.15) is 6.54 Å². The number of carbonyl (C=O) groups is 1. The van der Waals surface area contributed by atoms with E-state index in [-0.39, 0.29) is 16.1 Å². The monoisotopic (exact) mass is 503 g/mol. The molecule has 184 valence electrons. The summed E-state index contributed by atoms with van der Waals surface area (Å²) in [6.45, 7) is 4.88. The van der Waals surface area contributed by atoms with E-state index in [9.17, 15) is 26.4 Å². The molecule has 0 heterocycles. The lowest BCUT2D eigenvalue weighted by Gasteiger charge is -2.24. The highest BCUT2D eigenvalue weighted by Gasteiger charge is 2.32. The molecule has 0 radical (unpaired) electrons. The van der Waals surface area contributed by atoms with E-state index in [1.807, 2.05) is 20.8 Å². The second-order valence-electron chi connectivity index (χ2n) is 7.97. The van der Waals surface area contributed by atoms with Crippen molar-refractivity contribution in [1.82, 2.24) is 5.43 Å². The third kappa shape index (κ3) is 6.27. The van der Waals surface area contributed by atoms with Crippen LogP contribution in [-0.4, -0.2) is 27.1 Å². The van der Waals surface area contributed by atoms with Crippen molar-refractivity contribution in [2.45, 2.75) is 31.8 Å². The van der Waals surface area contributed by atoms with Crippen LogP contribution in [0.3, 0.4) is 0 Å². The molecule has 1 N–H and O–H groups in total. The van der Waals surface area contributed by atoms with Crippen molar-refractivity contribution in [1.29, 1.82) is 0 Å². The van der Waals surface area contributed by atoms with E-state index in [4.69, 9.17) is 0 Å². The molecule has 0 saturated heterocycles. The molecule has 0 saturated carbocycles. The Kier molecular flexibility index (Phi) is 7.64. The Labute approximate surface area is 202 Å². The second kappa shape index (κ2) is 10.3. The van der Waals surface area contributed by atoms with Crippen LogP contribution < -0.4 is 9.73 Å². The smallest absolute Gasteiger partial charge is 0.271 e. The van der Waals surface area contributed by atoms with Crippen molar-refractivity contribution in [3.05, 3.63) is 94.5 Å². The summed E-state index contributed by atoms with van der Waals surface area (Å²) < 4.78 is 67.2. The second-order valence-corrected chi connectivity index (χ2v) is 9.83. The Morgan fingerprint density at radius 1 is 0.971 bits per heavy atom. The zero-order valence-electron chi connectivity index (χ0n) is 19.3. The molecule has 6 nitrogen and oxygen atoms in total. The van der Waals surface area contributed by atoms with Crippen LogP contribution in [0.2, 0.25) is 0 Å². The van der Waals surface area contributed by atoms with Gasteiger partial charge in [0.05, 0.1) is 22.4 Å². The predicted molar refractivity (Wildman–Crippen MR) is 129 cm³/mol. The van der Waals surface area contributed by atoms with Crippen LogP contribution >= 0.6 is 0 Å². The summed E-state index contributed by atoms with van der Waals surface area (Å²) in [6.07, 6.45) is -3.72. The molecule has 0 aromatic heterocycles. The first-order valence-electron chi connectivity index (χ1n) is 10.5. The molecule has 0 aliphatic rings. The van der Waals surface area contributed by atoms with Gasteiger partial charge in [-0.15, -0.1) is 0 Å². The van der Waals surface area contributed by atoms with E-state index in [2.05, 4.69) is 10.5 Å². The average molecular weight is 504 g/mol. The Balaban J connectivity index is 1.88. The number of hydrogen-bond donors (Lipinski definition) is 1. The SMILES string of the molecule is Cc1ccc(S(=O)(=O)N(CC(=O)N/N=C/c2ccccc2C(F)(F)F)c2ccc(C)c(C)c2)cc1. The molecule has 3 aromatic carbocycles. The average Bonchev–Trinajstić information content (AvgIpc) is 2.79. The summed E-state index contributed by atoms with van der Waals surface area (Å²) in [7, 11) is -4.13. The molecule has 35 heavy (non-hydrogen) atoms. The molecule has 10 heteroatoms. The molecule has 0 spiro atoms. The summed E-state index contributed by atoms with van der Waals surface area (Å²) in [6, 6.07) is 15.9. The largest absolute Gasteiger partial charge is 0.417 e. The molecule has 0 aliphatic carbocycles. The number of aryl methyl sites for hydroxylation is 3. The standard InChI is InChI=1S/C25H24F3N3O3S/c1-17-8-12-22(13-9-17)35(33,34)31(21-11-10-18(2)19(3)14-21)16-24(32)30-29-15-20-6-4-5-7-23(20)25(26,27)28/h4-15H,16H2,1-3H3,(H,30,32)/b29-15+. The topological polar surface area (TPSA) is 78.8 Å². The number of hydrogen-bond acceptors (Lipinski definition) is 4. The molecule has 1 amide bonds. The fourth-order valence-corrected chi connectivity index (χ4v) is 4.65. The third-order valence-electron chi connectivity index (χ3n) is 5.33. The van der Waals surface area contributed by atoms with Gasteiger partial charge in [0.15, 0.2) is 0 Å². The molecule has 0 bridgehead atoms. The zero-order valence-corrected chi connectivity index (χ0v) is 20.1. The minimum absolute atomic E-state index is 0.00302. The fraction of sp³-hybridized carbons (Fsp3) is 0.200. The van der Waals surface area contributed by atoms with Gasteiger partial charge in [-0.3, -0.25) is 9.10 Å². The van der Waals surface area contributed by atoms with Gasteiger partial charge in [-0.1, -0.05) is 42.0 Å². The molecule has 0 aliphatic heterocycles. The molecule has 3 rings (SSSR count). The highest BCUT2D eigenvalue weighted by atomic mass is 32.2. The summed E-state index contributed by atoms with van der Waals surface area (Å²) >= 11 is 0. The highest BCUT2D eigenvalue weighted by molar-refractivity contribution is 7.92. The molecule has 0 unspecified atom stereocenters. The highest BCUT2D eigenvalue weighted by Crippen LogP contribution is 2.31. The van der Waals surface area contributed by atoms with Gasteiger partial charge in [-0.05, 0) is 62.2 Å². The molecular weight excluding hydrogens is 479 g/mol. The number of sulfonamides is 1. The van der Waals surface area contributed by atoms with E-state index in [1.165, 1.54) is 30.3 Å². The van der Waals surface area contributed by atoms with Gasteiger partial charge < -0.3 is 0 Å². The number of halogens is 3. The van der Waals surface area contributed by atoms with Gasteiger partial charge >= 0.3 is 6.18 Å². The first kappa shape index (κ1) is 26.0. The summed E-state index contributed by atoms with van der Waals surface area (Å²) in [5, 5.41) is 3.61. The van der Waals surface area contributed by atoms with Crippen LogP contribution in [-0.2, 0) is 21.0 Å². The van der Waals surface area contributed by atoms with Crippen LogP contribution in [0, 0.1) is 20.8 Å². The van der Waals surface area contributed by atoms with Crippen molar-refractivity contribution < 1.29 is 26.4 Å². The van der Waals surface area contributed by atoms with Crippen molar-refractivity contribution >= 4 is 27.8 Å². The van der Waals surface area contributed by atoms with Gasteiger partial charge in [0.25, 0.3) is 15.9 Å². The van der Waals surface area contributed by atoms with Crippen molar-refractivity contribution in [2.75, 3.05) is 10.8 Å². The Morgan fingerprint density at radius 3 is 2.26 bits per heavy atom. The quantitative estimate of drug-likeness (QED) is 0.365. The van der Waals surface area contributed by atoms with E-state index in [0.29, 0.717) is 0 Å². The van der Waals surface area contributed by atoms with Crippen LogP contribution in [0.15, 0.2) is 76.7 Å². The summed E-state index contributed by atoms with van der Waals surface area (Å²) in [4.78, 5) is 12.6. The lowest BCUT2D eigenvalue weighted by molar-refractivity contribution is -0.137. The zero-order chi connectivity index (χ0) is 25.8. The Hall–Kier alpha value is -3.66. The van der Waals surface area contributed by atoms with E-state index >= 15 is 0 Å². The first-order chi connectivity index (χ1) is 16.4. The van der Waals surface area contributed by atoms with Gasteiger partial charge in [-0.25, -0.2) is 13.8 Å². The number of nitrogens with zero attached hydrogens (tertiary/aromatic N) is 2. The van der Waals surface area contributed by atoms with Crippen LogP contribution in [0.1, 0.15) is 27.8 Å². The lowest BCUT2D eigenvalue weighted by Crippen LogP contribution is -2.39. The van der Waals surface area contributed by atoms with E-state index < -0.39 is 34.2 Å². The molecule has 3 aromatic rings. The van der Waals surface area contributed by atoms with Crippen molar-refractivity contribution in [3.8, 4) is 0 Å². The Bertz CT molecular complexity index is 1350. The number of anilines is 1. The van der Waals surface area contributed by atoms with E-state index in [1.54, 1.807) is 30.3 Å². The predicted octanol–water partition coefficient (Wildman–Crippen LogP) is 4.98. The number of carbonyl (C=O) groups excluding carboxylic acids is 1. The maximum Gasteiger partial charge on any atom is 0.417 e. The normalized spacial score (nSPS) is 12.1. The van der Waals surface area contributed by atoms with Crippen LogP contribution in [0.5, 0.6) is 0 Å². The number of alkyl halides is 3. The number of benzene rings is 3. The molecule has 0 atom stereocenters. The first-order valence-corrected chi connectivity index (χ1v) is 12.0. The Morgan fingerprint density at radius 2 is 1.63 bits per heavy atom. The fourth-order valence-electron chi connectivity index (χ4n) is 3.24. The van der Waals surface area contributed by atoms with Gasteiger partial charge in [0, 0.05) is 5.56 Å². The number of hydrazone groups is 1. The lowest BCUT2D eigenvalue weighted by atomic mass is 10.1. The third-order valence-corrected chi connectivity index (χ3v) is 7.12. The van der Waals surface area contributed by atoms with Crippen LogP contribution in [0.4, 0.5) is 18.9 Å². The minimum Gasteiger partial charge on any atom is -0.271 e. The summed E-state index contributed by atoms with van der Waals surface area (Å²) in [5.41, 5.74) is 3.90. The van der Waals surface area contributed by atoms with Crippen LogP contribution in [0.25, 0.3) is 0 Å². The van der Waals surface area contributed by atoms with Crippen molar-refractivity contribution in [3.63, 3.8) is 0 Å². The summed E-state index contributed by atoms with van der Waals surface area (Å²) in [5.74, 6) is -0.820. The van der Waals surface area contributed by atoms with Gasteiger partial charge in [-0.2, -0.15) is 18.3 Å². The maximum absolute atomic E-state index is 13.4. The molecule has 0 fully saturated rings. The number of amides is 1. The maximum atomic E-state index is 13.4. The van der Waals surface area contributed by atoms with Gasteiger partial charge in [0.2, 0.25) is 0 Å². The molecular formula is C25H24F3N3O3S. The van der Waals surface area contributed by atoms with E-state index in [0.717, 1.165) is 33.3 Å². The minimum atomic E-state index is -4.59. The number of nitrogens with one attached hydrogen (secondary N) is 1. The number of rotatable bonds is 7.